The predicted octanol–water partition coefficient (Wildman–Crippen LogP) is 4.67. The van der Waals surface area contributed by atoms with Crippen molar-refractivity contribution in [3.63, 3.8) is 0 Å². The number of thiophene rings is 1. The number of rotatable bonds is 6. The average Bonchev–Trinajstić information content (AvgIpc) is 3.17. The van der Waals surface area contributed by atoms with E-state index in [4.69, 9.17) is 4.74 Å². The van der Waals surface area contributed by atoms with Crippen molar-refractivity contribution < 1.29 is 19.4 Å². The molecule has 1 fully saturated rings. The third-order valence-electron chi connectivity index (χ3n) is 4.59. The van der Waals surface area contributed by atoms with Crippen LogP contribution >= 0.6 is 27.3 Å². The molecule has 1 atom stereocenters. The molecule has 2 aromatic rings. The Hall–Kier alpha value is -1.96. The number of aryl methyl sites for hydroxylation is 1. The van der Waals surface area contributed by atoms with Crippen molar-refractivity contribution in [1.29, 1.82) is 0 Å². The highest BCUT2D eigenvalue weighted by molar-refractivity contribution is 9.10. The maximum atomic E-state index is 12.9. The van der Waals surface area contributed by atoms with Crippen molar-refractivity contribution in [2.45, 2.75) is 32.9 Å². The van der Waals surface area contributed by atoms with Gasteiger partial charge in [0.05, 0.1) is 24.3 Å². The topological polar surface area (TPSA) is 66.8 Å². The molecular weight excluding hydrogens is 442 g/mol. The van der Waals surface area contributed by atoms with Gasteiger partial charge in [-0.05, 0) is 49.9 Å². The zero-order valence-corrected chi connectivity index (χ0v) is 18.3. The molecule has 3 rings (SSSR count). The Balaban J connectivity index is 2.07. The highest BCUT2D eigenvalue weighted by atomic mass is 79.9. The van der Waals surface area contributed by atoms with Gasteiger partial charge >= 0.3 is 0 Å². The molecule has 1 aliphatic rings. The van der Waals surface area contributed by atoms with Crippen LogP contribution in [-0.4, -0.2) is 41.0 Å². The van der Waals surface area contributed by atoms with Gasteiger partial charge in [-0.2, -0.15) is 0 Å². The van der Waals surface area contributed by atoms with Gasteiger partial charge in [-0.3, -0.25) is 9.59 Å². The summed E-state index contributed by atoms with van der Waals surface area (Å²) in [4.78, 5) is 28.0. The van der Waals surface area contributed by atoms with Crippen molar-refractivity contribution in [3.05, 3.63) is 61.8 Å². The van der Waals surface area contributed by atoms with Crippen LogP contribution in [0.2, 0.25) is 0 Å². The second kappa shape index (κ2) is 8.59. The zero-order valence-electron chi connectivity index (χ0n) is 15.9. The third kappa shape index (κ3) is 4.06. The van der Waals surface area contributed by atoms with Crippen LogP contribution < -0.4 is 0 Å². The molecule has 0 saturated carbocycles. The number of Topliss-reactive ketones (excluding diaryl/α,β-unsaturated/α-hetero) is 1. The molecule has 1 unspecified atom stereocenters. The highest BCUT2D eigenvalue weighted by Crippen LogP contribution is 2.42. The molecule has 1 saturated heterocycles. The number of likely N-dealkylation sites (tertiary alicyclic amines) is 1. The van der Waals surface area contributed by atoms with Crippen LogP contribution in [0.15, 0.2) is 45.8 Å². The van der Waals surface area contributed by atoms with E-state index in [1.807, 2.05) is 32.2 Å². The Morgan fingerprint density at radius 3 is 2.50 bits per heavy atom. The predicted molar refractivity (Wildman–Crippen MR) is 113 cm³/mol. The largest absolute Gasteiger partial charge is 0.507 e. The molecule has 5 nitrogen and oxygen atoms in total. The Bertz CT molecular complexity index is 917. The monoisotopic (exact) mass is 463 g/mol. The number of aliphatic hydroxyl groups excluding tert-OH is 1. The molecule has 0 bridgehead atoms. The van der Waals surface area contributed by atoms with Crippen molar-refractivity contribution >= 4 is 44.7 Å². The molecule has 1 aromatic carbocycles. The van der Waals surface area contributed by atoms with Gasteiger partial charge in [-0.25, -0.2) is 0 Å². The maximum absolute atomic E-state index is 12.9. The van der Waals surface area contributed by atoms with Crippen molar-refractivity contribution in [1.82, 2.24) is 4.90 Å². The fourth-order valence-corrected chi connectivity index (χ4v) is 4.51. The smallest absolute Gasteiger partial charge is 0.295 e. The number of hydrogen-bond donors (Lipinski definition) is 1. The van der Waals surface area contributed by atoms with E-state index >= 15 is 0 Å². The first-order valence-corrected chi connectivity index (χ1v) is 10.7. The number of benzene rings is 1. The molecule has 1 N–H and O–H groups in total. The van der Waals surface area contributed by atoms with Gasteiger partial charge in [0.1, 0.15) is 5.76 Å². The van der Waals surface area contributed by atoms with Crippen LogP contribution in [0.4, 0.5) is 0 Å². The van der Waals surface area contributed by atoms with Crippen molar-refractivity contribution in [2.24, 2.45) is 0 Å². The molecule has 0 radical (unpaired) electrons. The molecule has 2 heterocycles. The van der Waals surface area contributed by atoms with Gasteiger partial charge in [0, 0.05) is 21.5 Å². The third-order valence-corrected chi connectivity index (χ3v) is 6.19. The second-order valence-corrected chi connectivity index (χ2v) is 8.75. The summed E-state index contributed by atoms with van der Waals surface area (Å²) >= 11 is 4.84. The molecule has 148 valence electrons. The lowest BCUT2D eigenvalue weighted by Crippen LogP contribution is -2.33. The SMILES string of the molecule is Cc1ccsc1C1/C(=C(/O)c2ccc(Br)cc2)C(=O)C(=O)N1CCOC(C)C. The van der Waals surface area contributed by atoms with Crippen LogP contribution in [0.1, 0.15) is 35.9 Å². The number of aliphatic hydroxyl groups is 1. The lowest BCUT2D eigenvalue weighted by molar-refractivity contribution is -0.140. The van der Waals surface area contributed by atoms with E-state index < -0.39 is 17.7 Å². The van der Waals surface area contributed by atoms with Crippen LogP contribution in [0, 0.1) is 6.92 Å². The number of hydrogen-bond acceptors (Lipinski definition) is 5. The molecule has 1 aliphatic heterocycles. The fraction of sp³-hybridized carbons (Fsp3) is 0.333. The van der Waals surface area contributed by atoms with E-state index in [1.54, 1.807) is 24.3 Å². The van der Waals surface area contributed by atoms with E-state index in [-0.39, 0.29) is 24.0 Å². The van der Waals surface area contributed by atoms with Crippen LogP contribution in [0.5, 0.6) is 0 Å². The first kappa shape index (κ1) is 20.8. The van der Waals surface area contributed by atoms with Crippen LogP contribution in [0.25, 0.3) is 5.76 Å². The van der Waals surface area contributed by atoms with Crippen molar-refractivity contribution in [2.75, 3.05) is 13.2 Å². The quantitative estimate of drug-likeness (QED) is 0.384. The summed E-state index contributed by atoms with van der Waals surface area (Å²) in [6.45, 7) is 6.38. The standard InChI is InChI=1S/C21H22BrNO4S/c1-12(2)27-10-9-23-17(20-13(3)8-11-28-20)16(19(25)21(23)26)18(24)14-4-6-15(22)7-5-14/h4-8,11-12,17,24H,9-10H2,1-3H3/b18-16-. The number of halogens is 1. The van der Waals surface area contributed by atoms with Gasteiger partial charge < -0.3 is 14.7 Å². The van der Waals surface area contributed by atoms with Gasteiger partial charge in [-0.15, -0.1) is 11.3 Å². The van der Waals surface area contributed by atoms with Crippen LogP contribution in [0.3, 0.4) is 0 Å². The summed E-state index contributed by atoms with van der Waals surface area (Å²) in [5, 5.41) is 12.9. The Labute approximate surface area is 176 Å². The summed E-state index contributed by atoms with van der Waals surface area (Å²) in [7, 11) is 0. The fourth-order valence-electron chi connectivity index (χ4n) is 3.20. The number of ether oxygens (including phenoxy) is 1. The van der Waals surface area contributed by atoms with Gasteiger partial charge in [0.25, 0.3) is 11.7 Å². The zero-order chi connectivity index (χ0) is 20.4. The van der Waals surface area contributed by atoms with E-state index in [0.29, 0.717) is 12.2 Å². The first-order valence-electron chi connectivity index (χ1n) is 9.01. The molecule has 1 amide bonds. The van der Waals surface area contributed by atoms with Gasteiger partial charge in [-0.1, -0.05) is 28.1 Å². The lowest BCUT2D eigenvalue weighted by Gasteiger charge is -2.25. The number of amides is 1. The van der Waals surface area contributed by atoms with E-state index in [2.05, 4.69) is 15.9 Å². The number of carbonyl (C=O) groups is 2. The Morgan fingerprint density at radius 2 is 1.93 bits per heavy atom. The lowest BCUT2D eigenvalue weighted by atomic mass is 9.98. The molecule has 28 heavy (non-hydrogen) atoms. The van der Waals surface area contributed by atoms with Crippen LogP contribution in [-0.2, 0) is 14.3 Å². The number of carbonyl (C=O) groups excluding carboxylic acids is 2. The van der Waals surface area contributed by atoms with E-state index in [9.17, 15) is 14.7 Å². The number of ketones is 1. The Kier molecular flexibility index (Phi) is 6.37. The Morgan fingerprint density at radius 1 is 1.25 bits per heavy atom. The summed E-state index contributed by atoms with van der Waals surface area (Å²) in [5.74, 6) is -1.43. The van der Waals surface area contributed by atoms with Gasteiger partial charge in [0.15, 0.2) is 0 Å². The minimum Gasteiger partial charge on any atom is -0.507 e. The van der Waals surface area contributed by atoms with E-state index in [1.165, 1.54) is 16.2 Å². The second-order valence-electron chi connectivity index (χ2n) is 6.89. The summed E-state index contributed by atoms with van der Waals surface area (Å²) < 4.78 is 6.45. The average molecular weight is 464 g/mol. The molecule has 0 aliphatic carbocycles. The highest BCUT2D eigenvalue weighted by Gasteiger charge is 2.46. The molecule has 0 spiro atoms. The normalized spacial score (nSPS) is 19.0. The molecular formula is C21H22BrNO4S. The van der Waals surface area contributed by atoms with Crippen molar-refractivity contribution in [3.8, 4) is 0 Å². The molecule has 1 aromatic heterocycles. The van der Waals surface area contributed by atoms with Gasteiger partial charge in [0.2, 0.25) is 0 Å². The molecule has 7 heteroatoms. The summed E-state index contributed by atoms with van der Waals surface area (Å²) in [6.07, 6.45) is 0.0292. The summed E-state index contributed by atoms with van der Waals surface area (Å²) in [6, 6.07) is 8.34. The number of nitrogens with zero attached hydrogens (tertiary/aromatic N) is 1. The maximum Gasteiger partial charge on any atom is 0.295 e. The summed E-state index contributed by atoms with van der Waals surface area (Å²) in [5.41, 5.74) is 1.61. The van der Waals surface area contributed by atoms with E-state index in [0.717, 1.165) is 14.9 Å². The minimum absolute atomic E-state index is 0.0292. The minimum atomic E-state index is -0.664. The first-order chi connectivity index (χ1) is 13.3.